The zero-order chi connectivity index (χ0) is 32.7. The van der Waals surface area contributed by atoms with E-state index in [2.05, 4.69) is 10.3 Å². The molecule has 6 rings (SSSR count). The summed E-state index contributed by atoms with van der Waals surface area (Å²) in [5.41, 5.74) is 4.97. The van der Waals surface area contributed by atoms with Crippen LogP contribution in [0.25, 0.3) is 22.3 Å². The van der Waals surface area contributed by atoms with Gasteiger partial charge in [-0.2, -0.15) is 4.68 Å². The lowest BCUT2D eigenvalue weighted by Crippen LogP contribution is -2.38. The van der Waals surface area contributed by atoms with E-state index in [9.17, 15) is 34.6 Å². The average Bonchev–Trinajstić information content (AvgIpc) is 3.65. The number of ether oxygens (including phenoxy) is 2. The number of nitro benzene ring substituents is 2. The number of carbonyl (C=O) groups excluding carboxylic acids is 1. The Morgan fingerprint density at radius 1 is 0.957 bits per heavy atom. The van der Waals surface area contributed by atoms with Gasteiger partial charge in [-0.1, -0.05) is 17.3 Å². The molecule has 0 aliphatic carbocycles. The molecule has 0 saturated heterocycles. The van der Waals surface area contributed by atoms with Gasteiger partial charge < -0.3 is 15.2 Å². The van der Waals surface area contributed by atoms with Gasteiger partial charge in [-0.25, -0.2) is 14.2 Å². The van der Waals surface area contributed by atoms with Crippen LogP contribution >= 0.6 is 0 Å². The Labute approximate surface area is 256 Å². The molecule has 17 nitrogen and oxygen atoms in total. The Bertz CT molecular complexity index is 2220. The molecule has 1 atom stereocenters. The highest BCUT2D eigenvalue weighted by Gasteiger charge is 2.41. The normalized spacial score (nSPS) is 13.9. The number of nitro groups is 2. The fourth-order valence-corrected chi connectivity index (χ4v) is 5.19. The van der Waals surface area contributed by atoms with Gasteiger partial charge in [-0.05, 0) is 37.3 Å². The van der Waals surface area contributed by atoms with Gasteiger partial charge in [-0.15, -0.1) is 5.10 Å². The second kappa shape index (κ2) is 11.5. The zero-order valence-corrected chi connectivity index (χ0v) is 23.8. The van der Waals surface area contributed by atoms with Crippen LogP contribution in [0.3, 0.4) is 0 Å². The number of esters is 1. The minimum Gasteiger partial charge on any atom is -0.487 e. The molecule has 3 aromatic carbocycles. The Balaban J connectivity index is 1.45. The van der Waals surface area contributed by atoms with Crippen molar-refractivity contribution in [3.8, 4) is 11.4 Å². The van der Waals surface area contributed by atoms with E-state index >= 15 is 0 Å². The number of benzene rings is 3. The van der Waals surface area contributed by atoms with Gasteiger partial charge in [0, 0.05) is 29.8 Å². The van der Waals surface area contributed by atoms with Crippen LogP contribution in [0.4, 0.5) is 11.4 Å². The third-order valence-corrected chi connectivity index (χ3v) is 7.26. The molecule has 232 valence electrons. The summed E-state index contributed by atoms with van der Waals surface area (Å²) in [6, 6.07) is 13.8. The molecule has 3 heterocycles. The number of carbonyl (C=O) groups is 1. The number of non-ortho nitro benzene ring substituents is 2. The maximum Gasteiger partial charge on any atom is 0.340 e. The van der Waals surface area contributed by atoms with E-state index in [1.54, 1.807) is 19.1 Å². The molecule has 0 spiro atoms. The molecular formula is C29H22N8O9. The third kappa shape index (κ3) is 4.90. The lowest BCUT2D eigenvalue weighted by atomic mass is 9.97. The quantitative estimate of drug-likeness (QED) is 0.141. The Hall–Kier alpha value is -6.65. The maximum atomic E-state index is 13.9. The predicted molar refractivity (Wildman–Crippen MR) is 160 cm³/mol. The first kappa shape index (κ1) is 29.4. The number of rotatable bonds is 9. The van der Waals surface area contributed by atoms with E-state index in [-0.39, 0.29) is 58.1 Å². The summed E-state index contributed by atoms with van der Waals surface area (Å²) in [6.07, 6.45) is 1.51. The molecule has 5 aromatic rings. The SMILES string of the molecule is CCOC(=O)C1=C(N)n2c(=O)c3ccccc3c(=O)n2C1c1cc([N+](=O)[O-])ccc1OCc1cn(-c2ccc([N+](=O)[O-])cc2)nn1. The van der Waals surface area contributed by atoms with Crippen LogP contribution in [-0.2, 0) is 16.1 Å². The number of fused-ring (bicyclic) bond motifs is 2. The van der Waals surface area contributed by atoms with Gasteiger partial charge >= 0.3 is 5.97 Å². The first-order valence-electron chi connectivity index (χ1n) is 13.6. The van der Waals surface area contributed by atoms with Gasteiger partial charge in [-0.3, -0.25) is 29.8 Å². The summed E-state index contributed by atoms with van der Waals surface area (Å²) in [4.78, 5) is 62.4. The van der Waals surface area contributed by atoms with Crippen molar-refractivity contribution >= 4 is 33.9 Å². The first-order valence-corrected chi connectivity index (χ1v) is 13.6. The smallest absolute Gasteiger partial charge is 0.340 e. The molecule has 1 aliphatic heterocycles. The molecule has 0 bridgehead atoms. The highest BCUT2D eigenvalue weighted by atomic mass is 16.6. The molecule has 1 aliphatic rings. The Morgan fingerprint density at radius 3 is 2.26 bits per heavy atom. The molecule has 46 heavy (non-hydrogen) atoms. The predicted octanol–water partition coefficient (Wildman–Crippen LogP) is 2.43. The molecule has 17 heteroatoms. The van der Waals surface area contributed by atoms with Crippen LogP contribution in [0, 0.1) is 20.2 Å². The number of hydrogen-bond donors (Lipinski definition) is 1. The van der Waals surface area contributed by atoms with Crippen molar-refractivity contribution in [2.24, 2.45) is 5.73 Å². The van der Waals surface area contributed by atoms with Crippen molar-refractivity contribution in [3.63, 3.8) is 0 Å². The van der Waals surface area contributed by atoms with Crippen molar-refractivity contribution in [1.82, 2.24) is 24.4 Å². The van der Waals surface area contributed by atoms with E-state index in [1.165, 1.54) is 59.4 Å². The zero-order valence-electron chi connectivity index (χ0n) is 23.8. The highest BCUT2D eigenvalue weighted by Crippen LogP contribution is 2.40. The highest BCUT2D eigenvalue weighted by molar-refractivity contribution is 5.97. The molecule has 2 aromatic heterocycles. The fourth-order valence-electron chi connectivity index (χ4n) is 5.19. The molecule has 1 unspecified atom stereocenters. The van der Waals surface area contributed by atoms with E-state index in [0.29, 0.717) is 11.4 Å². The van der Waals surface area contributed by atoms with E-state index in [0.717, 1.165) is 15.4 Å². The number of nitrogens with zero attached hydrogens (tertiary/aromatic N) is 7. The van der Waals surface area contributed by atoms with Crippen LogP contribution in [0.15, 0.2) is 88.1 Å². The van der Waals surface area contributed by atoms with Gasteiger partial charge in [0.05, 0.1) is 39.1 Å². The molecule has 0 fully saturated rings. The topological polar surface area (TPSA) is 223 Å². The summed E-state index contributed by atoms with van der Waals surface area (Å²) < 4.78 is 14.4. The summed E-state index contributed by atoms with van der Waals surface area (Å²) in [5.74, 6) is -1.30. The average molecular weight is 627 g/mol. The lowest BCUT2D eigenvalue weighted by molar-refractivity contribution is -0.385. The van der Waals surface area contributed by atoms with Crippen molar-refractivity contribution < 1.29 is 24.1 Å². The number of aromatic nitrogens is 5. The van der Waals surface area contributed by atoms with E-state index < -0.39 is 33.0 Å². The molecule has 0 radical (unpaired) electrons. The second-order valence-corrected chi connectivity index (χ2v) is 9.93. The molecule has 0 saturated carbocycles. The lowest BCUT2D eigenvalue weighted by Gasteiger charge is -2.20. The van der Waals surface area contributed by atoms with Crippen LogP contribution in [0.1, 0.15) is 24.2 Å². The summed E-state index contributed by atoms with van der Waals surface area (Å²) in [5, 5.41) is 31.0. The van der Waals surface area contributed by atoms with Gasteiger partial charge in [0.25, 0.3) is 22.5 Å². The largest absolute Gasteiger partial charge is 0.487 e. The molecular weight excluding hydrogens is 604 g/mol. The fraction of sp³-hybridized carbons (Fsp3) is 0.138. The van der Waals surface area contributed by atoms with Crippen molar-refractivity contribution in [1.29, 1.82) is 0 Å². The van der Waals surface area contributed by atoms with Gasteiger partial charge in [0.1, 0.15) is 35.5 Å². The summed E-state index contributed by atoms with van der Waals surface area (Å²) in [6.45, 7) is 1.27. The van der Waals surface area contributed by atoms with Crippen LogP contribution in [-0.4, -0.2) is 46.8 Å². The Morgan fingerprint density at radius 2 is 1.61 bits per heavy atom. The summed E-state index contributed by atoms with van der Waals surface area (Å²) >= 11 is 0. The van der Waals surface area contributed by atoms with Crippen LogP contribution < -0.4 is 21.6 Å². The molecule has 0 amide bonds. The van der Waals surface area contributed by atoms with E-state index in [1.807, 2.05) is 0 Å². The van der Waals surface area contributed by atoms with Crippen molar-refractivity contribution in [2.75, 3.05) is 6.61 Å². The first-order chi connectivity index (χ1) is 22.1. The number of nitrogens with two attached hydrogens (primary N) is 1. The standard InChI is InChI=1S/C29H22N8O9/c1-2-45-29(40)24-25(34-27(38)20-5-3-4-6-21(20)28(39)35(34)26(24)30)22-13-19(37(43)44)11-12-23(22)46-15-16-14-33(32-31-16)17-7-9-18(10-8-17)36(41)42/h3-14,25H,2,15,30H2,1H3. The Kier molecular flexibility index (Phi) is 7.32. The van der Waals surface area contributed by atoms with Crippen LogP contribution in [0.2, 0.25) is 0 Å². The van der Waals surface area contributed by atoms with Crippen molar-refractivity contribution in [3.05, 3.63) is 131 Å². The number of hydrogen-bond acceptors (Lipinski definition) is 12. The minimum atomic E-state index is -1.45. The van der Waals surface area contributed by atoms with Gasteiger partial charge in [0.15, 0.2) is 0 Å². The minimum absolute atomic E-state index is 0.0102. The molecule has 2 N–H and O–H groups in total. The van der Waals surface area contributed by atoms with Gasteiger partial charge in [0.2, 0.25) is 0 Å². The summed E-state index contributed by atoms with van der Waals surface area (Å²) in [7, 11) is 0. The third-order valence-electron chi connectivity index (χ3n) is 7.26. The van der Waals surface area contributed by atoms with Crippen molar-refractivity contribution in [2.45, 2.75) is 19.6 Å². The van der Waals surface area contributed by atoms with E-state index in [4.69, 9.17) is 15.2 Å². The maximum absolute atomic E-state index is 13.9. The monoisotopic (exact) mass is 626 g/mol. The van der Waals surface area contributed by atoms with Crippen LogP contribution in [0.5, 0.6) is 5.75 Å². The second-order valence-electron chi connectivity index (χ2n) is 9.93.